The summed E-state index contributed by atoms with van der Waals surface area (Å²) in [5, 5.41) is 0.982. The van der Waals surface area contributed by atoms with Crippen molar-refractivity contribution in [2.75, 3.05) is 59.0 Å². The van der Waals surface area contributed by atoms with Crippen molar-refractivity contribution in [1.82, 2.24) is 19.3 Å². The summed E-state index contributed by atoms with van der Waals surface area (Å²) in [5.41, 5.74) is 1.79. The van der Waals surface area contributed by atoms with Crippen LogP contribution in [0.1, 0.15) is 10.4 Å². The molecule has 0 saturated carbocycles. The van der Waals surface area contributed by atoms with Gasteiger partial charge in [0.05, 0.1) is 25.3 Å². The van der Waals surface area contributed by atoms with Crippen molar-refractivity contribution in [1.29, 1.82) is 0 Å². The van der Waals surface area contributed by atoms with Gasteiger partial charge in [-0.2, -0.15) is 0 Å². The van der Waals surface area contributed by atoms with Crippen LogP contribution in [-0.2, 0) is 16.6 Å². The average molecular weight is 370 g/mol. The maximum absolute atomic E-state index is 13.0. The third kappa shape index (κ3) is 3.70. The Balaban J connectivity index is 1.37. The molecule has 2 saturated heterocycles. The first-order valence-corrected chi connectivity index (χ1v) is 9.55. The Kier molecular flexibility index (Phi) is 5.13. The van der Waals surface area contributed by atoms with Gasteiger partial charge in [-0.15, -0.1) is 0 Å². The molecule has 7 heteroatoms. The van der Waals surface area contributed by atoms with Crippen LogP contribution >= 0.6 is 0 Å². The van der Waals surface area contributed by atoms with Crippen LogP contribution < -0.4 is 0 Å². The van der Waals surface area contributed by atoms with Crippen molar-refractivity contribution in [2.24, 2.45) is 7.05 Å². The first kappa shape index (κ1) is 18.0. The first-order valence-electron chi connectivity index (χ1n) is 9.55. The number of carbonyl (C=O) groups is 2. The number of morpholine rings is 1. The zero-order valence-corrected chi connectivity index (χ0v) is 15.8. The molecule has 0 radical (unpaired) electrons. The van der Waals surface area contributed by atoms with E-state index in [1.165, 1.54) is 0 Å². The number of fused-ring (bicyclic) bond motifs is 1. The number of para-hydroxylation sites is 1. The summed E-state index contributed by atoms with van der Waals surface area (Å²) in [6.45, 7) is 5.81. The predicted octanol–water partition coefficient (Wildman–Crippen LogP) is 0.795. The minimum atomic E-state index is 0.0482. The van der Waals surface area contributed by atoms with E-state index in [4.69, 9.17) is 4.74 Å². The zero-order chi connectivity index (χ0) is 18.8. The van der Waals surface area contributed by atoms with Crippen molar-refractivity contribution in [3.05, 3.63) is 36.0 Å². The second-order valence-electron chi connectivity index (χ2n) is 7.23. The molecule has 4 rings (SSSR count). The van der Waals surface area contributed by atoms with Gasteiger partial charge in [-0.05, 0) is 6.07 Å². The Labute approximate surface area is 159 Å². The van der Waals surface area contributed by atoms with Crippen molar-refractivity contribution in [3.8, 4) is 0 Å². The summed E-state index contributed by atoms with van der Waals surface area (Å²) in [4.78, 5) is 31.4. The van der Waals surface area contributed by atoms with Crippen LogP contribution in [0.4, 0.5) is 0 Å². The van der Waals surface area contributed by atoms with Crippen molar-refractivity contribution < 1.29 is 14.3 Å². The quantitative estimate of drug-likeness (QED) is 0.802. The lowest BCUT2D eigenvalue weighted by Crippen LogP contribution is -2.53. The molecule has 144 valence electrons. The van der Waals surface area contributed by atoms with Gasteiger partial charge >= 0.3 is 0 Å². The number of rotatable bonds is 3. The summed E-state index contributed by atoms with van der Waals surface area (Å²) >= 11 is 0. The SMILES string of the molecule is Cn1cc(C(=O)N2CCN(C(=O)CN3CCOCC3)CC2)c2ccccc21. The van der Waals surface area contributed by atoms with E-state index >= 15 is 0 Å². The Morgan fingerprint density at radius 2 is 1.63 bits per heavy atom. The molecule has 1 aromatic heterocycles. The number of benzene rings is 1. The number of piperazine rings is 1. The number of carbonyl (C=O) groups excluding carboxylic acids is 2. The van der Waals surface area contributed by atoms with Crippen LogP contribution in [0, 0.1) is 0 Å². The molecule has 0 unspecified atom stereocenters. The Morgan fingerprint density at radius 1 is 0.963 bits per heavy atom. The van der Waals surface area contributed by atoms with Gasteiger partial charge in [-0.3, -0.25) is 14.5 Å². The largest absolute Gasteiger partial charge is 0.379 e. The Morgan fingerprint density at radius 3 is 2.37 bits per heavy atom. The molecular weight excluding hydrogens is 344 g/mol. The molecule has 0 spiro atoms. The molecule has 0 bridgehead atoms. The number of hydrogen-bond donors (Lipinski definition) is 0. The maximum atomic E-state index is 13.0. The lowest BCUT2D eigenvalue weighted by Gasteiger charge is -2.36. The highest BCUT2D eigenvalue weighted by Gasteiger charge is 2.27. The highest BCUT2D eigenvalue weighted by atomic mass is 16.5. The number of nitrogens with zero attached hydrogens (tertiary/aromatic N) is 4. The molecule has 2 fully saturated rings. The standard InChI is InChI=1S/C20H26N4O3/c1-21-14-17(16-4-2-3-5-18(16)21)20(26)24-8-6-23(7-9-24)19(25)15-22-10-12-27-13-11-22/h2-5,14H,6-13,15H2,1H3. The van der Waals surface area contributed by atoms with Crippen LogP contribution in [0.15, 0.2) is 30.5 Å². The molecular formula is C20H26N4O3. The van der Waals surface area contributed by atoms with E-state index in [1.807, 2.05) is 51.9 Å². The fraction of sp³-hybridized carbons (Fsp3) is 0.500. The molecule has 2 aliphatic heterocycles. The maximum Gasteiger partial charge on any atom is 0.256 e. The number of amides is 2. The van der Waals surface area contributed by atoms with E-state index < -0.39 is 0 Å². The van der Waals surface area contributed by atoms with Crippen LogP contribution in [0.25, 0.3) is 10.9 Å². The van der Waals surface area contributed by atoms with Gasteiger partial charge in [0.15, 0.2) is 0 Å². The van der Waals surface area contributed by atoms with Crippen LogP contribution in [0.2, 0.25) is 0 Å². The normalized spacial score (nSPS) is 18.9. The summed E-state index contributed by atoms with van der Waals surface area (Å²) in [5.74, 6) is 0.196. The summed E-state index contributed by atoms with van der Waals surface area (Å²) < 4.78 is 7.32. The van der Waals surface area contributed by atoms with Gasteiger partial charge in [0.2, 0.25) is 5.91 Å². The van der Waals surface area contributed by atoms with E-state index in [9.17, 15) is 9.59 Å². The third-order valence-corrected chi connectivity index (χ3v) is 5.51. The van der Waals surface area contributed by atoms with E-state index in [1.54, 1.807) is 0 Å². The molecule has 3 heterocycles. The summed E-state index contributed by atoms with van der Waals surface area (Å²) in [7, 11) is 1.96. The molecule has 2 aromatic rings. The molecule has 1 aromatic carbocycles. The topological polar surface area (TPSA) is 58.0 Å². The minimum absolute atomic E-state index is 0.0482. The number of aryl methyl sites for hydroxylation is 1. The molecule has 2 amide bonds. The van der Waals surface area contributed by atoms with Crippen LogP contribution in [0.5, 0.6) is 0 Å². The molecule has 27 heavy (non-hydrogen) atoms. The summed E-state index contributed by atoms with van der Waals surface area (Å²) in [6, 6.07) is 7.95. The Bertz CT molecular complexity index is 833. The van der Waals surface area contributed by atoms with Crippen molar-refractivity contribution >= 4 is 22.7 Å². The molecule has 0 aliphatic carbocycles. The predicted molar refractivity (Wildman–Crippen MR) is 103 cm³/mol. The second-order valence-corrected chi connectivity index (χ2v) is 7.23. The van der Waals surface area contributed by atoms with Gasteiger partial charge < -0.3 is 19.1 Å². The third-order valence-electron chi connectivity index (χ3n) is 5.51. The molecule has 0 atom stereocenters. The van der Waals surface area contributed by atoms with Crippen molar-refractivity contribution in [3.63, 3.8) is 0 Å². The minimum Gasteiger partial charge on any atom is -0.379 e. The summed E-state index contributed by atoms with van der Waals surface area (Å²) in [6.07, 6.45) is 1.91. The fourth-order valence-corrected chi connectivity index (χ4v) is 3.89. The zero-order valence-electron chi connectivity index (χ0n) is 15.8. The van der Waals surface area contributed by atoms with E-state index in [0.717, 1.165) is 29.6 Å². The van der Waals surface area contributed by atoms with Crippen LogP contribution in [-0.4, -0.2) is 90.1 Å². The van der Waals surface area contributed by atoms with E-state index in [0.29, 0.717) is 45.9 Å². The Hall–Kier alpha value is -2.38. The van der Waals surface area contributed by atoms with E-state index in [2.05, 4.69) is 4.90 Å². The van der Waals surface area contributed by atoms with Gasteiger partial charge in [-0.1, -0.05) is 18.2 Å². The second kappa shape index (κ2) is 7.70. The molecule has 2 aliphatic rings. The van der Waals surface area contributed by atoms with Crippen LogP contribution in [0.3, 0.4) is 0 Å². The number of ether oxygens (including phenoxy) is 1. The lowest BCUT2D eigenvalue weighted by molar-refractivity contribution is -0.134. The van der Waals surface area contributed by atoms with Gasteiger partial charge in [0.25, 0.3) is 5.91 Å². The van der Waals surface area contributed by atoms with E-state index in [-0.39, 0.29) is 11.8 Å². The monoisotopic (exact) mass is 370 g/mol. The van der Waals surface area contributed by atoms with Gasteiger partial charge in [-0.25, -0.2) is 0 Å². The average Bonchev–Trinajstić information content (AvgIpc) is 3.05. The highest BCUT2D eigenvalue weighted by molar-refractivity contribution is 6.07. The van der Waals surface area contributed by atoms with Gasteiger partial charge in [0, 0.05) is 63.4 Å². The number of hydrogen-bond acceptors (Lipinski definition) is 4. The molecule has 0 N–H and O–H groups in total. The molecule has 7 nitrogen and oxygen atoms in total. The number of aromatic nitrogens is 1. The highest BCUT2D eigenvalue weighted by Crippen LogP contribution is 2.22. The van der Waals surface area contributed by atoms with Gasteiger partial charge in [0.1, 0.15) is 0 Å². The van der Waals surface area contributed by atoms with Crippen molar-refractivity contribution in [2.45, 2.75) is 0 Å². The lowest BCUT2D eigenvalue weighted by atomic mass is 10.1. The fourth-order valence-electron chi connectivity index (χ4n) is 3.89. The smallest absolute Gasteiger partial charge is 0.256 e. The first-order chi connectivity index (χ1) is 13.1.